The van der Waals surface area contributed by atoms with Crippen molar-refractivity contribution in [3.8, 4) is 0 Å². The fourth-order valence-electron chi connectivity index (χ4n) is 2.42. The molecule has 134 valence electrons. The van der Waals surface area contributed by atoms with Crippen LogP contribution in [0.15, 0.2) is 51.8 Å². The van der Waals surface area contributed by atoms with E-state index in [2.05, 4.69) is 20.7 Å². The number of methoxy groups -OCH3 is 1. The van der Waals surface area contributed by atoms with Crippen LogP contribution in [0.25, 0.3) is 0 Å². The Kier molecular flexibility index (Phi) is 6.37. The number of ether oxygens (including phenoxy) is 1. The monoisotopic (exact) mass is 425 g/mol. The Balaban J connectivity index is 2.39. The summed E-state index contributed by atoms with van der Waals surface area (Å²) >= 11 is 3.34. The predicted molar refractivity (Wildman–Crippen MR) is 99.8 cm³/mol. The van der Waals surface area contributed by atoms with Gasteiger partial charge >= 0.3 is 5.97 Å². The van der Waals surface area contributed by atoms with Gasteiger partial charge in [0.15, 0.2) is 0 Å². The smallest absolute Gasteiger partial charge is 0.307 e. The second-order valence-electron chi connectivity index (χ2n) is 5.77. The minimum Gasteiger partial charge on any atom is -0.469 e. The largest absolute Gasteiger partial charge is 0.469 e. The molecule has 0 aromatic heterocycles. The van der Waals surface area contributed by atoms with Crippen molar-refractivity contribution in [1.82, 2.24) is 4.72 Å². The first-order valence-electron chi connectivity index (χ1n) is 7.65. The Morgan fingerprint density at radius 3 is 2.40 bits per heavy atom. The van der Waals surface area contributed by atoms with E-state index in [-0.39, 0.29) is 11.3 Å². The first-order chi connectivity index (χ1) is 11.7. The van der Waals surface area contributed by atoms with Crippen LogP contribution in [0.4, 0.5) is 0 Å². The number of aryl methyl sites for hydroxylation is 2. The predicted octanol–water partition coefficient (Wildman–Crippen LogP) is 3.65. The van der Waals surface area contributed by atoms with E-state index < -0.39 is 22.0 Å². The normalized spacial score (nSPS) is 12.6. The summed E-state index contributed by atoms with van der Waals surface area (Å²) < 4.78 is 33.9. The van der Waals surface area contributed by atoms with E-state index in [0.29, 0.717) is 11.1 Å². The van der Waals surface area contributed by atoms with Crippen LogP contribution in [0.5, 0.6) is 0 Å². The Labute approximate surface area is 156 Å². The Bertz CT molecular complexity index is 863. The van der Waals surface area contributed by atoms with Crippen molar-refractivity contribution < 1.29 is 17.9 Å². The molecule has 2 aromatic rings. The van der Waals surface area contributed by atoms with Crippen LogP contribution in [0, 0.1) is 13.8 Å². The maximum Gasteiger partial charge on any atom is 0.307 e. The van der Waals surface area contributed by atoms with Crippen molar-refractivity contribution in [2.24, 2.45) is 0 Å². The van der Waals surface area contributed by atoms with Crippen LogP contribution in [0.3, 0.4) is 0 Å². The summed E-state index contributed by atoms with van der Waals surface area (Å²) in [4.78, 5) is 11.9. The number of benzene rings is 2. The lowest BCUT2D eigenvalue weighted by Gasteiger charge is -2.19. The molecule has 25 heavy (non-hydrogen) atoms. The van der Waals surface area contributed by atoms with Crippen molar-refractivity contribution in [2.45, 2.75) is 31.2 Å². The van der Waals surface area contributed by atoms with E-state index in [9.17, 15) is 13.2 Å². The standard InChI is InChI=1S/C18H20BrNO4S/c1-12-4-5-13(2)17(10-12)25(22,23)20-16(11-18(21)24-3)14-6-8-15(19)9-7-14/h4-10,16,20H,11H2,1-3H3/t16-/m1/s1. The highest BCUT2D eigenvalue weighted by Gasteiger charge is 2.25. The van der Waals surface area contributed by atoms with Gasteiger partial charge in [-0.2, -0.15) is 0 Å². The molecule has 0 aliphatic rings. The molecule has 5 nitrogen and oxygen atoms in total. The molecular formula is C18H20BrNO4S. The summed E-state index contributed by atoms with van der Waals surface area (Å²) in [6.45, 7) is 3.57. The van der Waals surface area contributed by atoms with Gasteiger partial charge in [-0.1, -0.05) is 40.2 Å². The minimum absolute atomic E-state index is 0.0950. The summed E-state index contributed by atoms with van der Waals surface area (Å²) in [6, 6.07) is 11.7. The number of hydrogen-bond acceptors (Lipinski definition) is 4. The molecule has 2 rings (SSSR count). The van der Waals surface area contributed by atoms with Gasteiger partial charge < -0.3 is 4.74 Å². The zero-order valence-electron chi connectivity index (χ0n) is 14.2. The molecule has 0 bridgehead atoms. The average molecular weight is 426 g/mol. The third kappa shape index (κ3) is 5.14. The maximum absolute atomic E-state index is 12.9. The van der Waals surface area contributed by atoms with Gasteiger partial charge in [0.1, 0.15) is 0 Å². The molecule has 0 unspecified atom stereocenters. The molecule has 0 heterocycles. The lowest BCUT2D eigenvalue weighted by molar-refractivity contribution is -0.141. The third-order valence-corrected chi connectivity index (χ3v) is 5.94. The van der Waals surface area contributed by atoms with Crippen LogP contribution in [-0.4, -0.2) is 21.5 Å². The number of esters is 1. The summed E-state index contributed by atoms with van der Waals surface area (Å²) in [7, 11) is -2.52. The molecule has 0 amide bonds. The molecule has 1 atom stereocenters. The molecule has 0 radical (unpaired) electrons. The maximum atomic E-state index is 12.9. The van der Waals surface area contributed by atoms with Gasteiger partial charge in [0.25, 0.3) is 0 Å². The molecule has 0 saturated carbocycles. The Hall–Kier alpha value is -1.70. The van der Waals surface area contributed by atoms with Crippen LogP contribution in [0.2, 0.25) is 0 Å². The Morgan fingerprint density at radius 1 is 1.16 bits per heavy atom. The van der Waals surface area contributed by atoms with E-state index in [0.717, 1.165) is 10.0 Å². The average Bonchev–Trinajstić information content (AvgIpc) is 2.56. The fourth-order valence-corrected chi connectivity index (χ4v) is 4.24. The van der Waals surface area contributed by atoms with Gasteiger partial charge in [-0.25, -0.2) is 13.1 Å². The highest BCUT2D eigenvalue weighted by molar-refractivity contribution is 9.10. The number of rotatable bonds is 6. The molecule has 0 spiro atoms. The molecule has 0 aliphatic heterocycles. The lowest BCUT2D eigenvalue weighted by atomic mass is 10.1. The molecular weight excluding hydrogens is 406 g/mol. The topological polar surface area (TPSA) is 72.5 Å². The van der Waals surface area contributed by atoms with E-state index >= 15 is 0 Å². The number of hydrogen-bond donors (Lipinski definition) is 1. The summed E-state index contributed by atoms with van der Waals surface area (Å²) in [5, 5.41) is 0. The van der Waals surface area contributed by atoms with Crippen molar-refractivity contribution in [2.75, 3.05) is 7.11 Å². The van der Waals surface area contributed by atoms with Gasteiger partial charge in [-0.05, 0) is 48.7 Å². The number of sulfonamides is 1. The number of carbonyl (C=O) groups excluding carboxylic acids is 1. The second-order valence-corrected chi connectivity index (χ2v) is 8.37. The zero-order valence-corrected chi connectivity index (χ0v) is 16.6. The second kappa shape index (κ2) is 8.12. The Morgan fingerprint density at radius 2 is 1.80 bits per heavy atom. The highest BCUT2D eigenvalue weighted by Crippen LogP contribution is 2.24. The lowest BCUT2D eigenvalue weighted by Crippen LogP contribution is -2.31. The van der Waals surface area contributed by atoms with E-state index in [1.54, 1.807) is 43.3 Å². The van der Waals surface area contributed by atoms with Crippen molar-refractivity contribution in [1.29, 1.82) is 0 Å². The van der Waals surface area contributed by atoms with Gasteiger partial charge in [-0.3, -0.25) is 4.79 Å². The number of carbonyl (C=O) groups is 1. The van der Waals surface area contributed by atoms with Gasteiger partial charge in [0.05, 0.1) is 24.5 Å². The fraction of sp³-hybridized carbons (Fsp3) is 0.278. The molecule has 7 heteroatoms. The molecule has 2 aromatic carbocycles. The van der Waals surface area contributed by atoms with Crippen LogP contribution < -0.4 is 4.72 Å². The number of halogens is 1. The summed E-state index contributed by atoms with van der Waals surface area (Å²) in [5.74, 6) is -0.489. The highest BCUT2D eigenvalue weighted by atomic mass is 79.9. The molecule has 0 aliphatic carbocycles. The van der Waals surface area contributed by atoms with Crippen LogP contribution in [-0.2, 0) is 19.6 Å². The van der Waals surface area contributed by atoms with Crippen LogP contribution in [0.1, 0.15) is 29.2 Å². The zero-order chi connectivity index (χ0) is 18.6. The van der Waals surface area contributed by atoms with Crippen LogP contribution >= 0.6 is 15.9 Å². The van der Waals surface area contributed by atoms with Crippen molar-refractivity contribution >= 4 is 31.9 Å². The van der Waals surface area contributed by atoms with Gasteiger partial charge in [0, 0.05) is 4.47 Å². The van der Waals surface area contributed by atoms with Gasteiger partial charge in [0.2, 0.25) is 10.0 Å². The summed E-state index contributed by atoms with van der Waals surface area (Å²) in [5.41, 5.74) is 2.17. The SMILES string of the molecule is COC(=O)C[C@@H](NS(=O)(=O)c1cc(C)ccc1C)c1ccc(Br)cc1. The third-order valence-electron chi connectivity index (χ3n) is 3.80. The van der Waals surface area contributed by atoms with E-state index in [1.807, 2.05) is 13.0 Å². The minimum atomic E-state index is -3.79. The molecule has 0 fully saturated rings. The van der Waals surface area contributed by atoms with Gasteiger partial charge in [-0.15, -0.1) is 0 Å². The molecule has 0 saturated heterocycles. The van der Waals surface area contributed by atoms with E-state index in [4.69, 9.17) is 4.74 Å². The molecule has 1 N–H and O–H groups in total. The summed E-state index contributed by atoms with van der Waals surface area (Å²) in [6.07, 6.45) is -0.0950. The quantitative estimate of drug-likeness (QED) is 0.716. The van der Waals surface area contributed by atoms with E-state index in [1.165, 1.54) is 7.11 Å². The first-order valence-corrected chi connectivity index (χ1v) is 9.92. The van der Waals surface area contributed by atoms with Crippen molar-refractivity contribution in [3.05, 3.63) is 63.6 Å². The number of nitrogens with one attached hydrogen (secondary N) is 1. The van der Waals surface area contributed by atoms with Crippen molar-refractivity contribution in [3.63, 3.8) is 0 Å². The first kappa shape index (κ1) is 19.6.